The van der Waals surface area contributed by atoms with Gasteiger partial charge in [-0.15, -0.1) is 0 Å². The Hall–Kier alpha value is -3.07. The highest BCUT2D eigenvalue weighted by molar-refractivity contribution is 5.91. The summed E-state index contributed by atoms with van der Waals surface area (Å²) in [6.07, 6.45) is 2.81. The van der Waals surface area contributed by atoms with Crippen molar-refractivity contribution in [3.8, 4) is 23.3 Å². The molecule has 0 bridgehead atoms. The maximum Gasteiger partial charge on any atom is 0.339 e. The van der Waals surface area contributed by atoms with Gasteiger partial charge in [-0.2, -0.15) is 5.26 Å². The van der Waals surface area contributed by atoms with Crippen molar-refractivity contribution >= 4 is 5.97 Å². The fourth-order valence-corrected chi connectivity index (χ4v) is 1.56. The van der Waals surface area contributed by atoms with Crippen molar-refractivity contribution in [2.75, 3.05) is 7.11 Å². The molecule has 0 saturated carbocycles. The number of carbonyl (C=O) groups is 1. The first-order valence-electron chi connectivity index (χ1n) is 5.59. The molecule has 0 fully saturated rings. The predicted molar refractivity (Wildman–Crippen MR) is 69.0 cm³/mol. The van der Waals surface area contributed by atoms with Gasteiger partial charge in [0.05, 0.1) is 18.9 Å². The fraction of sp³-hybridized carbons (Fsp3) is 0.0714. The quantitative estimate of drug-likeness (QED) is 0.917. The van der Waals surface area contributed by atoms with Gasteiger partial charge in [-0.05, 0) is 24.3 Å². The summed E-state index contributed by atoms with van der Waals surface area (Å²) >= 11 is 0. The van der Waals surface area contributed by atoms with E-state index < -0.39 is 5.97 Å². The Labute approximate surface area is 114 Å². The van der Waals surface area contributed by atoms with Crippen LogP contribution in [0.1, 0.15) is 15.9 Å². The number of nitriles is 1. The van der Waals surface area contributed by atoms with Crippen LogP contribution in [0.15, 0.2) is 36.7 Å². The van der Waals surface area contributed by atoms with Crippen LogP contribution in [0.3, 0.4) is 0 Å². The fourth-order valence-electron chi connectivity index (χ4n) is 1.56. The van der Waals surface area contributed by atoms with Gasteiger partial charge in [0.1, 0.15) is 23.1 Å². The molecule has 0 atom stereocenters. The minimum Gasteiger partial charge on any atom is -0.497 e. The Morgan fingerprint density at radius 3 is 2.80 bits per heavy atom. The molecule has 100 valence electrons. The number of aromatic carboxylic acids is 1. The number of carboxylic acid groups (broad SMARTS) is 1. The standard InChI is InChI=1S/C14H10N2O4/c1-19-10-2-3-12(11(6-10)14(17)18)20-13-8-16-5-4-9(13)7-15/h2-6,8H,1H3,(H,17,18). The molecule has 0 amide bonds. The molecule has 1 heterocycles. The Kier molecular flexibility index (Phi) is 3.82. The van der Waals surface area contributed by atoms with E-state index in [9.17, 15) is 9.90 Å². The van der Waals surface area contributed by atoms with Crippen molar-refractivity contribution in [1.82, 2.24) is 4.98 Å². The molecule has 0 aliphatic heterocycles. The van der Waals surface area contributed by atoms with E-state index in [0.29, 0.717) is 5.75 Å². The van der Waals surface area contributed by atoms with Gasteiger partial charge in [0, 0.05) is 6.20 Å². The van der Waals surface area contributed by atoms with Crippen molar-refractivity contribution in [2.24, 2.45) is 0 Å². The first-order valence-corrected chi connectivity index (χ1v) is 5.59. The SMILES string of the molecule is COc1ccc(Oc2cnccc2C#N)c(C(=O)O)c1. The molecular formula is C14H10N2O4. The van der Waals surface area contributed by atoms with E-state index in [1.54, 1.807) is 6.07 Å². The van der Waals surface area contributed by atoms with Crippen LogP contribution in [0, 0.1) is 11.3 Å². The summed E-state index contributed by atoms with van der Waals surface area (Å²) in [5.41, 5.74) is 0.212. The van der Waals surface area contributed by atoms with Crippen LogP contribution in [0.2, 0.25) is 0 Å². The Morgan fingerprint density at radius 1 is 1.35 bits per heavy atom. The van der Waals surface area contributed by atoms with E-state index in [2.05, 4.69) is 4.98 Å². The number of hydrogen-bond donors (Lipinski definition) is 1. The highest BCUT2D eigenvalue weighted by Gasteiger charge is 2.15. The third kappa shape index (κ3) is 2.67. The molecule has 1 aromatic heterocycles. The number of ether oxygens (including phenoxy) is 2. The largest absolute Gasteiger partial charge is 0.497 e. The molecule has 6 nitrogen and oxygen atoms in total. The lowest BCUT2D eigenvalue weighted by Gasteiger charge is -2.10. The summed E-state index contributed by atoms with van der Waals surface area (Å²) in [4.78, 5) is 15.1. The summed E-state index contributed by atoms with van der Waals surface area (Å²) < 4.78 is 10.4. The average molecular weight is 270 g/mol. The predicted octanol–water partition coefficient (Wildman–Crippen LogP) is 2.45. The van der Waals surface area contributed by atoms with Gasteiger partial charge >= 0.3 is 5.97 Å². The van der Waals surface area contributed by atoms with E-state index in [0.717, 1.165) is 0 Å². The van der Waals surface area contributed by atoms with Gasteiger partial charge in [0.2, 0.25) is 0 Å². The van der Waals surface area contributed by atoms with Gasteiger partial charge < -0.3 is 14.6 Å². The first-order chi connectivity index (χ1) is 9.65. The molecule has 20 heavy (non-hydrogen) atoms. The molecule has 1 aromatic carbocycles. The second-order valence-electron chi connectivity index (χ2n) is 3.75. The van der Waals surface area contributed by atoms with Crippen LogP contribution in [-0.2, 0) is 0 Å². The molecule has 0 aliphatic rings. The Bertz CT molecular complexity index is 692. The van der Waals surface area contributed by atoms with E-state index in [-0.39, 0.29) is 22.6 Å². The number of methoxy groups -OCH3 is 1. The first kappa shape index (κ1) is 13.4. The number of hydrogen-bond acceptors (Lipinski definition) is 5. The van der Waals surface area contributed by atoms with E-state index in [1.165, 1.54) is 37.7 Å². The smallest absolute Gasteiger partial charge is 0.339 e. The normalized spacial score (nSPS) is 9.60. The highest BCUT2D eigenvalue weighted by Crippen LogP contribution is 2.30. The number of rotatable bonds is 4. The molecule has 1 N–H and O–H groups in total. The molecule has 6 heteroatoms. The van der Waals surface area contributed by atoms with E-state index in [1.807, 2.05) is 6.07 Å². The van der Waals surface area contributed by atoms with E-state index in [4.69, 9.17) is 14.7 Å². The topological polar surface area (TPSA) is 92.4 Å². The zero-order valence-electron chi connectivity index (χ0n) is 10.5. The lowest BCUT2D eigenvalue weighted by molar-refractivity contribution is 0.0693. The van der Waals surface area contributed by atoms with Crippen molar-refractivity contribution in [3.63, 3.8) is 0 Å². The molecule has 0 radical (unpaired) electrons. The van der Waals surface area contributed by atoms with Crippen LogP contribution < -0.4 is 9.47 Å². The Balaban J connectivity index is 2.43. The molecule has 2 rings (SSSR count). The van der Waals surface area contributed by atoms with Crippen LogP contribution in [0.4, 0.5) is 0 Å². The average Bonchev–Trinajstić information content (AvgIpc) is 2.48. The molecule has 2 aromatic rings. The van der Waals surface area contributed by atoms with Gasteiger partial charge in [-0.1, -0.05) is 0 Å². The monoisotopic (exact) mass is 270 g/mol. The van der Waals surface area contributed by atoms with Crippen molar-refractivity contribution in [2.45, 2.75) is 0 Å². The van der Waals surface area contributed by atoms with Gasteiger partial charge in [0.25, 0.3) is 0 Å². The minimum atomic E-state index is -1.15. The zero-order valence-corrected chi connectivity index (χ0v) is 10.5. The van der Waals surface area contributed by atoms with Crippen LogP contribution >= 0.6 is 0 Å². The molecule has 0 aliphatic carbocycles. The molecule has 0 saturated heterocycles. The third-order valence-electron chi connectivity index (χ3n) is 2.54. The molecule has 0 spiro atoms. The van der Waals surface area contributed by atoms with Gasteiger partial charge in [0.15, 0.2) is 5.75 Å². The summed E-state index contributed by atoms with van der Waals surface area (Å²) in [5, 5.41) is 18.1. The second kappa shape index (κ2) is 5.71. The maximum atomic E-state index is 11.2. The van der Waals surface area contributed by atoms with Crippen molar-refractivity contribution in [3.05, 3.63) is 47.8 Å². The lowest BCUT2D eigenvalue weighted by Crippen LogP contribution is -2.01. The maximum absolute atomic E-state index is 11.2. The molecular weight excluding hydrogens is 260 g/mol. The highest BCUT2D eigenvalue weighted by atomic mass is 16.5. The van der Waals surface area contributed by atoms with Gasteiger partial charge in [-0.3, -0.25) is 4.98 Å². The zero-order chi connectivity index (χ0) is 14.5. The number of carboxylic acids is 1. The number of aromatic nitrogens is 1. The summed E-state index contributed by atoms with van der Waals surface area (Å²) in [6.45, 7) is 0. The lowest BCUT2D eigenvalue weighted by atomic mass is 10.2. The summed E-state index contributed by atoms with van der Waals surface area (Å²) in [5.74, 6) is -0.437. The molecule has 0 unspecified atom stereocenters. The van der Waals surface area contributed by atoms with Crippen LogP contribution in [0.5, 0.6) is 17.2 Å². The summed E-state index contributed by atoms with van der Waals surface area (Å²) in [6, 6.07) is 7.82. The number of pyridine rings is 1. The van der Waals surface area contributed by atoms with Crippen molar-refractivity contribution < 1.29 is 19.4 Å². The van der Waals surface area contributed by atoms with Crippen LogP contribution in [-0.4, -0.2) is 23.2 Å². The summed E-state index contributed by atoms with van der Waals surface area (Å²) in [7, 11) is 1.44. The third-order valence-corrected chi connectivity index (χ3v) is 2.54. The number of benzene rings is 1. The second-order valence-corrected chi connectivity index (χ2v) is 3.75. The van der Waals surface area contributed by atoms with E-state index >= 15 is 0 Å². The minimum absolute atomic E-state index is 0.0582. The van der Waals surface area contributed by atoms with Crippen molar-refractivity contribution in [1.29, 1.82) is 5.26 Å². The number of nitrogens with zero attached hydrogens (tertiary/aromatic N) is 2. The van der Waals surface area contributed by atoms with Gasteiger partial charge in [-0.25, -0.2) is 4.79 Å². The Morgan fingerprint density at radius 2 is 2.15 bits per heavy atom. The van der Waals surface area contributed by atoms with Crippen LogP contribution in [0.25, 0.3) is 0 Å².